The summed E-state index contributed by atoms with van der Waals surface area (Å²) in [5.74, 6) is 2.78. The first-order valence-electron chi connectivity index (χ1n) is 10.1. The van der Waals surface area contributed by atoms with Crippen LogP contribution in [0.25, 0.3) is 0 Å². The number of hydrogen-bond acceptors (Lipinski definition) is 5. The van der Waals surface area contributed by atoms with Gasteiger partial charge in [-0.3, -0.25) is 4.99 Å². The molecule has 0 heterocycles. The smallest absolute Gasteiger partial charge is 0.191 e. The Morgan fingerprint density at radius 3 is 2.35 bits per heavy atom. The van der Waals surface area contributed by atoms with Crippen molar-refractivity contribution in [3.05, 3.63) is 53.1 Å². The number of hydrogen-bond donors (Lipinski definition) is 3. The minimum atomic E-state index is -0.817. The number of nitrogens with zero attached hydrogens (tertiary/aromatic N) is 1. The Morgan fingerprint density at radius 2 is 1.71 bits per heavy atom. The number of ether oxygens (including phenoxy) is 3. The highest BCUT2D eigenvalue weighted by atomic mass is 127. The van der Waals surface area contributed by atoms with Crippen LogP contribution in [0.2, 0.25) is 0 Å². The number of methoxy groups -OCH3 is 3. The van der Waals surface area contributed by atoms with E-state index in [1.54, 1.807) is 39.5 Å². The summed E-state index contributed by atoms with van der Waals surface area (Å²) in [5.41, 5.74) is 2.98. The molecule has 0 spiro atoms. The lowest BCUT2D eigenvalue weighted by atomic mass is 10.1. The van der Waals surface area contributed by atoms with Crippen LogP contribution in [0, 0.1) is 6.92 Å². The summed E-state index contributed by atoms with van der Waals surface area (Å²) in [7, 11) is 4.85. The molecule has 3 N–H and O–H groups in total. The lowest BCUT2D eigenvalue weighted by Gasteiger charge is -2.16. The first kappa shape index (κ1) is 26.8. The minimum Gasteiger partial charge on any atom is -0.497 e. The molecule has 0 aromatic heterocycles. The number of aliphatic hydroxyl groups excluding tert-OH is 1. The van der Waals surface area contributed by atoms with Crippen LogP contribution in [0.4, 0.5) is 0 Å². The summed E-state index contributed by atoms with van der Waals surface area (Å²) in [5, 5.41) is 17.2. The Balaban J connectivity index is 0.00000480. The number of rotatable bonds is 10. The maximum Gasteiger partial charge on any atom is 0.191 e. The topological polar surface area (TPSA) is 84.3 Å². The summed E-state index contributed by atoms with van der Waals surface area (Å²) >= 11 is 0. The zero-order chi connectivity index (χ0) is 21.9. The summed E-state index contributed by atoms with van der Waals surface area (Å²) < 4.78 is 16.1. The van der Waals surface area contributed by atoms with Crippen LogP contribution in [0.1, 0.15) is 29.7 Å². The summed E-state index contributed by atoms with van der Waals surface area (Å²) in [6.45, 7) is 5.66. The van der Waals surface area contributed by atoms with Crippen molar-refractivity contribution >= 4 is 29.9 Å². The van der Waals surface area contributed by atoms with Crippen molar-refractivity contribution in [1.82, 2.24) is 10.6 Å². The first-order valence-corrected chi connectivity index (χ1v) is 10.1. The molecule has 0 aliphatic carbocycles. The van der Waals surface area contributed by atoms with Gasteiger partial charge >= 0.3 is 0 Å². The second kappa shape index (κ2) is 14.0. The number of nitrogens with one attached hydrogen (secondary N) is 2. The quantitative estimate of drug-likeness (QED) is 0.242. The van der Waals surface area contributed by atoms with E-state index in [4.69, 9.17) is 14.2 Å². The van der Waals surface area contributed by atoms with Gasteiger partial charge in [0.15, 0.2) is 5.96 Å². The molecule has 172 valence electrons. The third-order valence-electron chi connectivity index (χ3n) is 4.69. The van der Waals surface area contributed by atoms with Gasteiger partial charge < -0.3 is 30.0 Å². The highest BCUT2D eigenvalue weighted by molar-refractivity contribution is 14.0. The van der Waals surface area contributed by atoms with Crippen molar-refractivity contribution in [3.63, 3.8) is 0 Å². The van der Waals surface area contributed by atoms with Crippen LogP contribution in [0.15, 0.2) is 41.4 Å². The predicted molar refractivity (Wildman–Crippen MR) is 135 cm³/mol. The van der Waals surface area contributed by atoms with E-state index in [-0.39, 0.29) is 30.5 Å². The molecule has 1 atom stereocenters. The Kier molecular flexibility index (Phi) is 12.1. The fourth-order valence-corrected chi connectivity index (χ4v) is 3.14. The van der Waals surface area contributed by atoms with Crippen LogP contribution in [-0.4, -0.2) is 52.0 Å². The van der Waals surface area contributed by atoms with Crippen molar-refractivity contribution in [2.75, 3.05) is 41.0 Å². The molecule has 0 radical (unpaired) electrons. The monoisotopic (exact) mass is 543 g/mol. The molecule has 0 fully saturated rings. The van der Waals surface area contributed by atoms with Crippen LogP contribution in [0.5, 0.6) is 17.2 Å². The molecule has 1 unspecified atom stereocenters. The molecule has 7 nitrogen and oxygen atoms in total. The zero-order valence-corrected chi connectivity index (χ0v) is 21.2. The summed E-state index contributed by atoms with van der Waals surface area (Å²) in [4.78, 5) is 4.53. The van der Waals surface area contributed by atoms with E-state index in [1.165, 1.54) is 5.56 Å². The van der Waals surface area contributed by atoms with Crippen molar-refractivity contribution in [1.29, 1.82) is 0 Å². The third-order valence-corrected chi connectivity index (χ3v) is 4.69. The van der Waals surface area contributed by atoms with E-state index in [2.05, 4.69) is 28.6 Å². The molecular weight excluding hydrogens is 509 g/mol. The fraction of sp³-hybridized carbons (Fsp3) is 0.435. The van der Waals surface area contributed by atoms with Gasteiger partial charge in [0.25, 0.3) is 0 Å². The highest BCUT2D eigenvalue weighted by Crippen LogP contribution is 2.29. The molecule has 0 bridgehead atoms. The van der Waals surface area contributed by atoms with E-state index in [0.717, 1.165) is 24.3 Å². The Labute approximate surface area is 202 Å². The molecule has 0 saturated carbocycles. The average Bonchev–Trinajstić information content (AvgIpc) is 2.76. The predicted octanol–water partition coefficient (Wildman–Crippen LogP) is 3.47. The number of aliphatic hydroxyl groups is 1. The largest absolute Gasteiger partial charge is 0.497 e. The molecule has 8 heteroatoms. The molecule has 2 aromatic carbocycles. The van der Waals surface area contributed by atoms with Crippen LogP contribution >= 0.6 is 24.0 Å². The molecule has 0 amide bonds. The highest BCUT2D eigenvalue weighted by Gasteiger charge is 2.15. The normalized spacial score (nSPS) is 11.9. The van der Waals surface area contributed by atoms with Crippen LogP contribution < -0.4 is 24.8 Å². The molecule has 0 aliphatic rings. The van der Waals surface area contributed by atoms with Crippen LogP contribution in [-0.2, 0) is 6.42 Å². The number of benzene rings is 2. The molecule has 0 aliphatic heterocycles. The Hall–Kier alpha value is -2.20. The second-order valence-corrected chi connectivity index (χ2v) is 6.84. The number of guanidine groups is 1. The average molecular weight is 543 g/mol. The molecule has 0 saturated heterocycles. The van der Waals surface area contributed by atoms with Crippen molar-refractivity contribution in [3.8, 4) is 17.2 Å². The van der Waals surface area contributed by atoms with Gasteiger partial charge in [0.05, 0.1) is 27.9 Å². The molecule has 2 aromatic rings. The number of halogens is 1. The Morgan fingerprint density at radius 1 is 1.00 bits per heavy atom. The molecule has 31 heavy (non-hydrogen) atoms. The SMILES string of the molecule is CCNC(=NCC(O)c1cc(OC)ccc1OC)NCCc1cc(C)ccc1OC.I. The van der Waals surface area contributed by atoms with Gasteiger partial charge in [-0.1, -0.05) is 17.7 Å². The van der Waals surface area contributed by atoms with E-state index < -0.39 is 6.10 Å². The Bertz CT molecular complexity index is 846. The number of aryl methyl sites for hydroxylation is 1. The first-order chi connectivity index (χ1) is 14.5. The second-order valence-electron chi connectivity index (χ2n) is 6.84. The summed E-state index contributed by atoms with van der Waals surface area (Å²) in [6.07, 6.45) is -0.0241. The lowest BCUT2D eigenvalue weighted by Crippen LogP contribution is -2.38. The van der Waals surface area contributed by atoms with E-state index in [9.17, 15) is 5.11 Å². The summed E-state index contributed by atoms with van der Waals surface area (Å²) in [6, 6.07) is 11.5. The fourth-order valence-electron chi connectivity index (χ4n) is 3.14. The lowest BCUT2D eigenvalue weighted by molar-refractivity contribution is 0.182. The number of aliphatic imine (C=N–C) groups is 1. The van der Waals surface area contributed by atoms with E-state index in [1.807, 2.05) is 19.1 Å². The third kappa shape index (κ3) is 8.10. The van der Waals surface area contributed by atoms with Crippen molar-refractivity contribution in [2.45, 2.75) is 26.4 Å². The molecular formula is C23H34IN3O4. The van der Waals surface area contributed by atoms with E-state index in [0.29, 0.717) is 29.6 Å². The van der Waals surface area contributed by atoms with Gasteiger partial charge in [-0.2, -0.15) is 0 Å². The van der Waals surface area contributed by atoms with Crippen molar-refractivity contribution < 1.29 is 19.3 Å². The minimum absolute atomic E-state index is 0. The van der Waals surface area contributed by atoms with Crippen molar-refractivity contribution in [2.24, 2.45) is 4.99 Å². The van der Waals surface area contributed by atoms with Gasteiger partial charge in [-0.15, -0.1) is 24.0 Å². The van der Waals surface area contributed by atoms with Gasteiger partial charge in [0.1, 0.15) is 23.4 Å². The molecule has 2 rings (SSSR count). The van der Waals surface area contributed by atoms with Gasteiger partial charge in [0, 0.05) is 18.7 Å². The standard InChI is InChI=1S/C23H33N3O4.HI/c1-6-24-23(25-12-11-17-13-16(2)7-9-21(17)29-4)26-15-20(27)19-14-18(28-3)8-10-22(19)30-5;/h7-10,13-14,20,27H,6,11-12,15H2,1-5H3,(H2,24,25,26);1H. The van der Waals surface area contributed by atoms with Gasteiger partial charge in [0.2, 0.25) is 0 Å². The van der Waals surface area contributed by atoms with E-state index >= 15 is 0 Å². The maximum absolute atomic E-state index is 10.7. The van der Waals surface area contributed by atoms with Crippen LogP contribution in [0.3, 0.4) is 0 Å². The van der Waals surface area contributed by atoms with Gasteiger partial charge in [-0.05, 0) is 50.1 Å². The zero-order valence-electron chi connectivity index (χ0n) is 18.9. The maximum atomic E-state index is 10.7. The van der Waals surface area contributed by atoms with Gasteiger partial charge in [-0.25, -0.2) is 0 Å².